The van der Waals surface area contributed by atoms with Crippen LogP contribution in [0.25, 0.3) is 0 Å². The zero-order chi connectivity index (χ0) is 14.5. The maximum absolute atomic E-state index is 12.0. The number of benzene rings is 1. The van der Waals surface area contributed by atoms with E-state index < -0.39 is 0 Å². The maximum Gasteiger partial charge on any atom is 0.224 e. The van der Waals surface area contributed by atoms with Gasteiger partial charge in [0.15, 0.2) is 0 Å². The van der Waals surface area contributed by atoms with Gasteiger partial charge in [-0.05, 0) is 61.9 Å². The number of piperidine rings is 1. The van der Waals surface area contributed by atoms with Gasteiger partial charge >= 0.3 is 0 Å². The molecule has 20 heavy (non-hydrogen) atoms. The SMILES string of the molecule is Cc1ccc(CC(=O)NCC2CNCCC2C)cc1C. The first-order valence-corrected chi connectivity index (χ1v) is 7.60. The lowest BCUT2D eigenvalue weighted by Crippen LogP contribution is -2.42. The fourth-order valence-corrected chi connectivity index (χ4v) is 2.73. The molecule has 0 aliphatic carbocycles. The topological polar surface area (TPSA) is 41.1 Å². The minimum Gasteiger partial charge on any atom is -0.355 e. The van der Waals surface area contributed by atoms with Crippen molar-refractivity contribution in [3.8, 4) is 0 Å². The Morgan fingerprint density at radius 2 is 2.15 bits per heavy atom. The molecule has 0 radical (unpaired) electrons. The fourth-order valence-electron chi connectivity index (χ4n) is 2.73. The van der Waals surface area contributed by atoms with Gasteiger partial charge in [-0.3, -0.25) is 4.79 Å². The molecule has 1 amide bonds. The summed E-state index contributed by atoms with van der Waals surface area (Å²) in [5.41, 5.74) is 3.62. The van der Waals surface area contributed by atoms with Crippen molar-refractivity contribution < 1.29 is 4.79 Å². The van der Waals surface area contributed by atoms with Crippen LogP contribution in [0, 0.1) is 25.7 Å². The van der Waals surface area contributed by atoms with Gasteiger partial charge in [0.25, 0.3) is 0 Å². The average molecular weight is 274 g/mol. The van der Waals surface area contributed by atoms with Crippen LogP contribution in [0.2, 0.25) is 0 Å². The molecule has 1 aromatic rings. The highest BCUT2D eigenvalue weighted by Gasteiger charge is 2.21. The van der Waals surface area contributed by atoms with Crippen molar-refractivity contribution >= 4 is 5.91 Å². The normalized spacial score (nSPS) is 22.6. The molecule has 2 rings (SSSR count). The van der Waals surface area contributed by atoms with Crippen molar-refractivity contribution in [1.29, 1.82) is 0 Å². The van der Waals surface area contributed by atoms with Gasteiger partial charge in [0.1, 0.15) is 0 Å². The first-order chi connectivity index (χ1) is 9.56. The quantitative estimate of drug-likeness (QED) is 0.884. The molecule has 1 aromatic carbocycles. The van der Waals surface area contributed by atoms with Crippen molar-refractivity contribution in [3.05, 3.63) is 34.9 Å². The van der Waals surface area contributed by atoms with E-state index in [0.29, 0.717) is 18.3 Å². The van der Waals surface area contributed by atoms with E-state index in [1.165, 1.54) is 17.5 Å². The summed E-state index contributed by atoms with van der Waals surface area (Å²) in [5.74, 6) is 1.39. The zero-order valence-electron chi connectivity index (χ0n) is 12.8. The van der Waals surface area contributed by atoms with Crippen LogP contribution in [-0.2, 0) is 11.2 Å². The summed E-state index contributed by atoms with van der Waals surface area (Å²) in [5, 5.41) is 6.49. The predicted octanol–water partition coefficient (Wildman–Crippen LogP) is 2.21. The van der Waals surface area contributed by atoms with E-state index in [2.05, 4.69) is 43.5 Å². The molecule has 110 valence electrons. The van der Waals surface area contributed by atoms with E-state index in [0.717, 1.165) is 25.2 Å². The van der Waals surface area contributed by atoms with Crippen LogP contribution in [0.5, 0.6) is 0 Å². The van der Waals surface area contributed by atoms with Crippen LogP contribution in [0.15, 0.2) is 18.2 Å². The molecule has 2 unspecified atom stereocenters. The van der Waals surface area contributed by atoms with Gasteiger partial charge < -0.3 is 10.6 Å². The van der Waals surface area contributed by atoms with Gasteiger partial charge in [-0.25, -0.2) is 0 Å². The number of rotatable bonds is 4. The molecule has 3 nitrogen and oxygen atoms in total. The smallest absolute Gasteiger partial charge is 0.224 e. The summed E-state index contributed by atoms with van der Waals surface area (Å²) in [7, 11) is 0. The van der Waals surface area contributed by atoms with E-state index in [9.17, 15) is 4.79 Å². The summed E-state index contributed by atoms with van der Waals surface area (Å²) in [6, 6.07) is 6.25. The van der Waals surface area contributed by atoms with Crippen molar-refractivity contribution in [2.24, 2.45) is 11.8 Å². The first kappa shape index (κ1) is 15.0. The lowest BCUT2D eigenvalue weighted by molar-refractivity contribution is -0.120. The van der Waals surface area contributed by atoms with Gasteiger partial charge in [-0.2, -0.15) is 0 Å². The number of aryl methyl sites for hydroxylation is 2. The molecule has 1 heterocycles. The molecule has 3 heteroatoms. The number of hydrogen-bond acceptors (Lipinski definition) is 2. The van der Waals surface area contributed by atoms with E-state index in [-0.39, 0.29) is 5.91 Å². The number of hydrogen-bond donors (Lipinski definition) is 2. The molecule has 0 bridgehead atoms. The van der Waals surface area contributed by atoms with E-state index in [1.54, 1.807) is 0 Å². The molecule has 1 saturated heterocycles. The first-order valence-electron chi connectivity index (χ1n) is 7.60. The van der Waals surface area contributed by atoms with Gasteiger partial charge in [0.2, 0.25) is 5.91 Å². The van der Waals surface area contributed by atoms with Crippen molar-refractivity contribution in [2.45, 2.75) is 33.6 Å². The van der Waals surface area contributed by atoms with Crippen LogP contribution in [0.3, 0.4) is 0 Å². The monoisotopic (exact) mass is 274 g/mol. The number of carbonyl (C=O) groups is 1. The minimum absolute atomic E-state index is 0.131. The third-order valence-electron chi connectivity index (χ3n) is 4.49. The molecule has 0 saturated carbocycles. The highest BCUT2D eigenvalue weighted by Crippen LogP contribution is 2.17. The van der Waals surface area contributed by atoms with Gasteiger partial charge in [0.05, 0.1) is 6.42 Å². The van der Waals surface area contributed by atoms with Crippen LogP contribution >= 0.6 is 0 Å². The third kappa shape index (κ3) is 4.07. The van der Waals surface area contributed by atoms with Gasteiger partial charge in [-0.1, -0.05) is 25.1 Å². The van der Waals surface area contributed by atoms with Gasteiger partial charge in [-0.15, -0.1) is 0 Å². The Morgan fingerprint density at radius 3 is 2.85 bits per heavy atom. The number of carbonyl (C=O) groups excluding carboxylic acids is 1. The van der Waals surface area contributed by atoms with Gasteiger partial charge in [0, 0.05) is 6.54 Å². The Bertz CT molecular complexity index is 470. The van der Waals surface area contributed by atoms with Crippen LogP contribution in [0.4, 0.5) is 0 Å². The Kier molecular flexibility index (Phi) is 5.18. The molecule has 1 aliphatic heterocycles. The van der Waals surface area contributed by atoms with Crippen LogP contribution < -0.4 is 10.6 Å². The lowest BCUT2D eigenvalue weighted by atomic mass is 9.88. The van der Waals surface area contributed by atoms with Crippen LogP contribution in [0.1, 0.15) is 30.0 Å². The van der Waals surface area contributed by atoms with E-state index in [4.69, 9.17) is 0 Å². The highest BCUT2D eigenvalue weighted by molar-refractivity contribution is 5.78. The summed E-state index contributed by atoms with van der Waals surface area (Å²) < 4.78 is 0. The second-order valence-corrected chi connectivity index (χ2v) is 6.13. The molecule has 0 spiro atoms. The summed E-state index contributed by atoms with van der Waals surface area (Å²) in [6.45, 7) is 9.38. The Balaban J connectivity index is 1.81. The van der Waals surface area contributed by atoms with E-state index in [1.807, 2.05) is 6.07 Å². The third-order valence-corrected chi connectivity index (χ3v) is 4.49. The lowest BCUT2D eigenvalue weighted by Gasteiger charge is -2.29. The molecule has 1 fully saturated rings. The fraction of sp³-hybridized carbons (Fsp3) is 0.588. The maximum atomic E-state index is 12.0. The molecular weight excluding hydrogens is 248 g/mol. The number of amides is 1. The summed E-state index contributed by atoms with van der Waals surface area (Å²) in [6.07, 6.45) is 1.69. The highest BCUT2D eigenvalue weighted by atomic mass is 16.1. The number of nitrogens with one attached hydrogen (secondary N) is 2. The zero-order valence-corrected chi connectivity index (χ0v) is 12.8. The summed E-state index contributed by atoms with van der Waals surface area (Å²) in [4.78, 5) is 12.0. The molecule has 1 aliphatic rings. The molecule has 2 N–H and O–H groups in total. The Hall–Kier alpha value is -1.35. The summed E-state index contributed by atoms with van der Waals surface area (Å²) >= 11 is 0. The second-order valence-electron chi connectivity index (χ2n) is 6.13. The average Bonchev–Trinajstić information content (AvgIpc) is 2.42. The Morgan fingerprint density at radius 1 is 1.35 bits per heavy atom. The standard InChI is InChI=1S/C17H26N2O/c1-12-4-5-15(8-14(12)3)9-17(20)19-11-16-10-18-7-6-13(16)2/h4-5,8,13,16,18H,6-7,9-11H2,1-3H3,(H,19,20). The van der Waals surface area contributed by atoms with Crippen LogP contribution in [-0.4, -0.2) is 25.5 Å². The largest absolute Gasteiger partial charge is 0.355 e. The predicted molar refractivity (Wildman–Crippen MR) is 82.8 cm³/mol. The second kappa shape index (κ2) is 6.89. The molecule has 2 atom stereocenters. The molecule has 0 aromatic heterocycles. The van der Waals surface area contributed by atoms with E-state index >= 15 is 0 Å². The minimum atomic E-state index is 0.131. The van der Waals surface area contributed by atoms with Crippen molar-refractivity contribution in [3.63, 3.8) is 0 Å². The van der Waals surface area contributed by atoms with Crippen molar-refractivity contribution in [1.82, 2.24) is 10.6 Å². The molecular formula is C17H26N2O. The van der Waals surface area contributed by atoms with Crippen molar-refractivity contribution in [2.75, 3.05) is 19.6 Å². The Labute approximate surface area is 122 Å².